The molecule has 0 radical (unpaired) electrons. The van der Waals surface area contributed by atoms with Gasteiger partial charge < -0.3 is 4.57 Å². The summed E-state index contributed by atoms with van der Waals surface area (Å²) in [6.07, 6.45) is 2.57. The lowest BCUT2D eigenvalue weighted by Gasteiger charge is -2.07. The van der Waals surface area contributed by atoms with Crippen molar-refractivity contribution in [2.75, 3.05) is 0 Å². The molecule has 3 aromatic carbocycles. The maximum Gasteiger partial charge on any atom is 0.166 e. The molecule has 0 aliphatic heterocycles. The van der Waals surface area contributed by atoms with Gasteiger partial charge in [0.2, 0.25) is 0 Å². The lowest BCUT2D eigenvalue weighted by atomic mass is 10.0. The summed E-state index contributed by atoms with van der Waals surface area (Å²) in [5, 5.41) is 4.36. The van der Waals surface area contributed by atoms with Crippen LogP contribution in [0.5, 0.6) is 0 Å². The number of nitrogens with zero attached hydrogens (tertiary/aromatic N) is 2. The molecule has 0 N–H and O–H groups in total. The van der Waals surface area contributed by atoms with Gasteiger partial charge in [-0.25, -0.2) is 4.98 Å². The highest BCUT2D eigenvalue weighted by Crippen LogP contribution is 2.22. The van der Waals surface area contributed by atoms with E-state index in [4.69, 9.17) is 23.2 Å². The molecule has 0 bridgehead atoms. The molecule has 29 heavy (non-hydrogen) atoms. The Labute approximate surface area is 191 Å². The van der Waals surface area contributed by atoms with Crippen LogP contribution in [-0.2, 0) is 18.3 Å². The van der Waals surface area contributed by atoms with Crippen molar-refractivity contribution in [2.45, 2.75) is 32.1 Å². The summed E-state index contributed by atoms with van der Waals surface area (Å²) in [6.45, 7) is 4.77. The molecule has 1 heterocycles. The Morgan fingerprint density at radius 1 is 0.862 bits per heavy atom. The third kappa shape index (κ3) is 6.88. The van der Waals surface area contributed by atoms with Gasteiger partial charge in [0.15, 0.2) is 5.15 Å². The van der Waals surface area contributed by atoms with Gasteiger partial charge in [-0.2, -0.15) is 0 Å². The SMILES string of the molecule is BrCc1ccccc1.CC.Clc1ncn(CCc2cccc3ccccc23)c1Cl. The molecule has 1 aromatic heterocycles. The first-order valence-electron chi connectivity index (χ1n) is 9.61. The highest BCUT2D eigenvalue weighted by molar-refractivity contribution is 9.08. The standard InChI is InChI=1S/C15H12Cl2N2.C7H7Br.C2H6/c16-14-15(17)19(10-18-14)9-8-12-6-3-5-11-4-1-2-7-13(11)12;8-6-7-4-2-1-3-5-7;1-2/h1-7,10H,8-9H2;1-5H,6H2;1-2H3. The summed E-state index contributed by atoms with van der Waals surface area (Å²) >= 11 is 15.3. The molecule has 4 aromatic rings. The first-order valence-corrected chi connectivity index (χ1v) is 11.5. The fourth-order valence-electron chi connectivity index (χ4n) is 2.82. The second-order valence-corrected chi connectivity index (χ2v) is 7.30. The van der Waals surface area contributed by atoms with Crippen molar-refractivity contribution >= 4 is 49.9 Å². The van der Waals surface area contributed by atoms with E-state index < -0.39 is 0 Å². The highest BCUT2D eigenvalue weighted by Gasteiger charge is 2.07. The van der Waals surface area contributed by atoms with Crippen LogP contribution in [0.25, 0.3) is 10.8 Å². The predicted molar refractivity (Wildman–Crippen MR) is 130 cm³/mol. The van der Waals surface area contributed by atoms with Gasteiger partial charge in [-0.05, 0) is 28.3 Å². The van der Waals surface area contributed by atoms with Crippen molar-refractivity contribution < 1.29 is 0 Å². The topological polar surface area (TPSA) is 17.8 Å². The Morgan fingerprint density at radius 3 is 2.14 bits per heavy atom. The summed E-state index contributed by atoms with van der Waals surface area (Å²) in [6, 6.07) is 25.0. The van der Waals surface area contributed by atoms with Crippen LogP contribution in [0.2, 0.25) is 10.3 Å². The molecule has 2 nitrogen and oxygen atoms in total. The van der Waals surface area contributed by atoms with Crippen molar-refractivity contribution in [2.24, 2.45) is 0 Å². The van der Waals surface area contributed by atoms with Crippen LogP contribution in [0.4, 0.5) is 0 Å². The Bertz CT molecular complexity index is 995. The van der Waals surface area contributed by atoms with Crippen molar-refractivity contribution in [3.63, 3.8) is 0 Å². The number of alkyl halides is 1. The lowest BCUT2D eigenvalue weighted by molar-refractivity contribution is 0.699. The number of aromatic nitrogens is 2. The molecule has 0 aliphatic carbocycles. The van der Waals surface area contributed by atoms with Gasteiger partial charge in [0, 0.05) is 11.9 Å². The van der Waals surface area contributed by atoms with Gasteiger partial charge in [0.25, 0.3) is 0 Å². The molecule has 0 fully saturated rings. The molecule has 0 saturated carbocycles. The predicted octanol–water partition coefficient (Wildman–Crippen LogP) is 8.19. The van der Waals surface area contributed by atoms with Crippen molar-refractivity contribution in [3.8, 4) is 0 Å². The molecular weight excluding hydrogens is 467 g/mol. The monoisotopic (exact) mass is 490 g/mol. The number of hydrogen-bond donors (Lipinski definition) is 0. The van der Waals surface area contributed by atoms with E-state index >= 15 is 0 Å². The molecule has 4 rings (SSSR count). The number of imidazole rings is 1. The van der Waals surface area contributed by atoms with Crippen molar-refractivity contribution in [3.05, 3.63) is 101 Å². The Morgan fingerprint density at radius 2 is 1.52 bits per heavy atom. The Kier molecular flexibility index (Phi) is 10.3. The van der Waals surface area contributed by atoms with E-state index in [1.807, 2.05) is 36.6 Å². The van der Waals surface area contributed by atoms with Gasteiger partial charge in [-0.3, -0.25) is 0 Å². The van der Waals surface area contributed by atoms with E-state index in [0.29, 0.717) is 10.3 Å². The maximum absolute atomic E-state index is 6.06. The van der Waals surface area contributed by atoms with Crippen LogP contribution in [0.3, 0.4) is 0 Å². The summed E-state index contributed by atoms with van der Waals surface area (Å²) in [4.78, 5) is 3.99. The van der Waals surface area contributed by atoms with Gasteiger partial charge in [0.05, 0.1) is 6.33 Å². The normalized spacial score (nSPS) is 9.97. The van der Waals surface area contributed by atoms with Crippen LogP contribution in [0.15, 0.2) is 79.1 Å². The van der Waals surface area contributed by atoms with Crippen LogP contribution in [0, 0.1) is 0 Å². The molecule has 5 heteroatoms. The van der Waals surface area contributed by atoms with E-state index in [2.05, 4.69) is 75.5 Å². The first-order chi connectivity index (χ1) is 14.2. The smallest absolute Gasteiger partial charge is 0.166 e. The summed E-state index contributed by atoms with van der Waals surface area (Å²) < 4.78 is 1.87. The molecule has 0 atom stereocenters. The zero-order chi connectivity index (χ0) is 21.1. The van der Waals surface area contributed by atoms with Crippen molar-refractivity contribution in [1.29, 1.82) is 0 Å². The molecule has 0 unspecified atom stereocenters. The minimum absolute atomic E-state index is 0.361. The molecule has 152 valence electrons. The van der Waals surface area contributed by atoms with Gasteiger partial charge >= 0.3 is 0 Å². The lowest BCUT2D eigenvalue weighted by Crippen LogP contribution is -2.00. The highest BCUT2D eigenvalue weighted by atomic mass is 79.9. The van der Waals surface area contributed by atoms with Crippen LogP contribution < -0.4 is 0 Å². The molecule has 0 saturated heterocycles. The van der Waals surface area contributed by atoms with Gasteiger partial charge in [-0.15, -0.1) is 0 Å². The summed E-state index contributed by atoms with van der Waals surface area (Å²) in [5.41, 5.74) is 2.63. The summed E-state index contributed by atoms with van der Waals surface area (Å²) in [7, 11) is 0. The molecule has 0 aliphatic rings. The second-order valence-electron chi connectivity index (χ2n) is 6.03. The van der Waals surface area contributed by atoms with Crippen LogP contribution >= 0.6 is 39.1 Å². The average Bonchev–Trinajstić information content (AvgIpc) is 3.12. The minimum atomic E-state index is 0.361. The van der Waals surface area contributed by atoms with Crippen LogP contribution in [0.1, 0.15) is 25.0 Å². The van der Waals surface area contributed by atoms with Gasteiger partial charge in [-0.1, -0.05) is 126 Å². The number of benzene rings is 3. The zero-order valence-corrected chi connectivity index (χ0v) is 19.8. The number of rotatable bonds is 4. The van der Waals surface area contributed by atoms with E-state index in [9.17, 15) is 0 Å². The van der Waals surface area contributed by atoms with Crippen molar-refractivity contribution in [1.82, 2.24) is 9.55 Å². The number of fused-ring (bicyclic) bond motifs is 1. The number of aryl methyl sites for hydroxylation is 2. The van der Waals surface area contributed by atoms with E-state index in [1.54, 1.807) is 6.33 Å². The average molecular weight is 492 g/mol. The third-order valence-corrected chi connectivity index (χ3v) is 5.65. The molecule has 0 spiro atoms. The minimum Gasteiger partial charge on any atom is -0.320 e. The maximum atomic E-state index is 6.06. The number of halogens is 3. The fraction of sp³-hybridized carbons (Fsp3) is 0.208. The third-order valence-electron chi connectivity index (χ3n) is 4.23. The first kappa shape index (κ1) is 23.5. The zero-order valence-electron chi connectivity index (χ0n) is 16.7. The molecule has 0 amide bonds. The van der Waals surface area contributed by atoms with E-state index in [1.165, 1.54) is 21.9 Å². The Hall–Kier alpha value is -1.81. The van der Waals surface area contributed by atoms with E-state index in [-0.39, 0.29) is 0 Å². The summed E-state index contributed by atoms with van der Waals surface area (Å²) in [5.74, 6) is 0. The van der Waals surface area contributed by atoms with E-state index in [0.717, 1.165) is 18.3 Å². The quantitative estimate of drug-likeness (QED) is 0.263. The van der Waals surface area contributed by atoms with Gasteiger partial charge in [0.1, 0.15) is 5.15 Å². The van der Waals surface area contributed by atoms with Crippen LogP contribution in [-0.4, -0.2) is 9.55 Å². The number of hydrogen-bond acceptors (Lipinski definition) is 1. The largest absolute Gasteiger partial charge is 0.320 e. The fourth-order valence-corrected chi connectivity index (χ4v) is 3.52. The molecular formula is C24H25BrCl2N2. The Balaban J connectivity index is 0.000000252. The second kappa shape index (κ2) is 12.7.